The van der Waals surface area contributed by atoms with Gasteiger partial charge in [-0.15, -0.1) is 0 Å². The SMILES string of the molecule is COc1ccc(CC(=O)Nc2ccc(CN)cc2)cc1. The number of methoxy groups -OCH3 is 1. The molecule has 20 heavy (non-hydrogen) atoms. The molecular weight excluding hydrogens is 252 g/mol. The van der Waals surface area contributed by atoms with Gasteiger partial charge in [0.05, 0.1) is 13.5 Å². The van der Waals surface area contributed by atoms with Crippen molar-refractivity contribution in [3.8, 4) is 5.75 Å². The van der Waals surface area contributed by atoms with E-state index in [0.29, 0.717) is 13.0 Å². The zero-order valence-corrected chi connectivity index (χ0v) is 11.4. The number of carbonyl (C=O) groups is 1. The molecule has 0 atom stereocenters. The minimum Gasteiger partial charge on any atom is -0.497 e. The predicted molar refractivity (Wildman–Crippen MR) is 79.7 cm³/mol. The summed E-state index contributed by atoms with van der Waals surface area (Å²) < 4.78 is 5.08. The van der Waals surface area contributed by atoms with Gasteiger partial charge in [-0.2, -0.15) is 0 Å². The molecule has 0 saturated carbocycles. The third kappa shape index (κ3) is 3.83. The third-order valence-corrected chi connectivity index (χ3v) is 3.00. The number of hydrogen-bond donors (Lipinski definition) is 2. The summed E-state index contributed by atoms with van der Waals surface area (Å²) in [5, 5.41) is 2.86. The fraction of sp³-hybridized carbons (Fsp3) is 0.188. The van der Waals surface area contributed by atoms with Crippen LogP contribution >= 0.6 is 0 Å². The van der Waals surface area contributed by atoms with Crippen LogP contribution in [0.15, 0.2) is 48.5 Å². The van der Waals surface area contributed by atoms with E-state index in [1.165, 1.54) is 0 Å². The number of carbonyl (C=O) groups excluding carboxylic acids is 1. The average molecular weight is 270 g/mol. The maximum atomic E-state index is 11.9. The molecule has 0 aliphatic carbocycles. The van der Waals surface area contributed by atoms with Crippen molar-refractivity contribution < 1.29 is 9.53 Å². The molecule has 0 bridgehead atoms. The molecule has 0 aromatic heterocycles. The Morgan fingerprint density at radius 3 is 2.20 bits per heavy atom. The van der Waals surface area contributed by atoms with Crippen molar-refractivity contribution in [1.29, 1.82) is 0 Å². The molecule has 0 heterocycles. The Labute approximate surface area is 118 Å². The summed E-state index contributed by atoms with van der Waals surface area (Å²) in [7, 11) is 1.62. The molecule has 3 N–H and O–H groups in total. The van der Waals surface area contributed by atoms with Crippen molar-refractivity contribution in [1.82, 2.24) is 0 Å². The highest BCUT2D eigenvalue weighted by atomic mass is 16.5. The predicted octanol–water partition coefficient (Wildman–Crippen LogP) is 2.34. The van der Waals surface area contributed by atoms with Crippen molar-refractivity contribution in [2.45, 2.75) is 13.0 Å². The van der Waals surface area contributed by atoms with Gasteiger partial charge in [-0.1, -0.05) is 24.3 Å². The van der Waals surface area contributed by atoms with Crippen LogP contribution in [0.4, 0.5) is 5.69 Å². The zero-order chi connectivity index (χ0) is 14.4. The van der Waals surface area contributed by atoms with Gasteiger partial charge in [-0.3, -0.25) is 4.79 Å². The standard InChI is InChI=1S/C16H18N2O2/c1-20-15-8-4-12(5-9-15)10-16(19)18-14-6-2-13(11-17)3-7-14/h2-9H,10-11,17H2,1H3,(H,18,19). The van der Waals surface area contributed by atoms with Crippen molar-refractivity contribution in [3.05, 3.63) is 59.7 Å². The number of amides is 1. The highest BCUT2D eigenvalue weighted by molar-refractivity contribution is 5.92. The van der Waals surface area contributed by atoms with Gasteiger partial charge in [0.2, 0.25) is 5.91 Å². The minimum atomic E-state index is -0.0457. The summed E-state index contributed by atoms with van der Waals surface area (Å²) in [4.78, 5) is 11.9. The molecule has 4 heteroatoms. The molecule has 2 aromatic rings. The van der Waals surface area contributed by atoms with Crippen LogP contribution in [0.25, 0.3) is 0 Å². The van der Waals surface area contributed by atoms with Gasteiger partial charge in [-0.05, 0) is 35.4 Å². The number of ether oxygens (including phenoxy) is 1. The molecule has 2 rings (SSSR count). The fourth-order valence-corrected chi connectivity index (χ4v) is 1.86. The Hall–Kier alpha value is -2.33. The van der Waals surface area contributed by atoms with Crippen molar-refractivity contribution >= 4 is 11.6 Å². The molecule has 104 valence electrons. The van der Waals surface area contributed by atoms with E-state index in [4.69, 9.17) is 10.5 Å². The smallest absolute Gasteiger partial charge is 0.228 e. The maximum Gasteiger partial charge on any atom is 0.228 e. The molecule has 2 aromatic carbocycles. The second kappa shape index (κ2) is 6.73. The van der Waals surface area contributed by atoms with Gasteiger partial charge >= 0.3 is 0 Å². The van der Waals surface area contributed by atoms with Crippen molar-refractivity contribution in [2.75, 3.05) is 12.4 Å². The second-order valence-corrected chi connectivity index (χ2v) is 4.47. The minimum absolute atomic E-state index is 0.0457. The van der Waals surface area contributed by atoms with Crippen LogP contribution in [0.3, 0.4) is 0 Å². The number of hydrogen-bond acceptors (Lipinski definition) is 3. The lowest BCUT2D eigenvalue weighted by Gasteiger charge is -2.07. The molecule has 0 aliphatic heterocycles. The molecule has 4 nitrogen and oxygen atoms in total. The molecule has 0 spiro atoms. The first-order chi connectivity index (χ1) is 9.71. The van der Waals surface area contributed by atoms with Crippen LogP contribution in [-0.2, 0) is 17.8 Å². The van der Waals surface area contributed by atoms with Gasteiger partial charge in [0, 0.05) is 12.2 Å². The van der Waals surface area contributed by atoms with Crippen molar-refractivity contribution in [2.24, 2.45) is 5.73 Å². The summed E-state index contributed by atoms with van der Waals surface area (Å²) in [6, 6.07) is 15.0. The maximum absolute atomic E-state index is 11.9. The molecule has 0 radical (unpaired) electrons. The van der Waals surface area contributed by atoms with Crippen LogP contribution in [0.5, 0.6) is 5.75 Å². The van der Waals surface area contributed by atoms with E-state index in [2.05, 4.69) is 5.32 Å². The van der Waals surface area contributed by atoms with Crippen LogP contribution < -0.4 is 15.8 Å². The Morgan fingerprint density at radius 1 is 1.05 bits per heavy atom. The quantitative estimate of drug-likeness (QED) is 0.876. The Kier molecular flexibility index (Phi) is 4.74. The van der Waals surface area contributed by atoms with Gasteiger partial charge in [-0.25, -0.2) is 0 Å². The number of anilines is 1. The molecule has 0 unspecified atom stereocenters. The highest BCUT2D eigenvalue weighted by Gasteiger charge is 2.04. The van der Waals surface area contributed by atoms with E-state index in [-0.39, 0.29) is 5.91 Å². The molecular formula is C16H18N2O2. The lowest BCUT2D eigenvalue weighted by molar-refractivity contribution is -0.115. The average Bonchev–Trinajstić information content (AvgIpc) is 2.49. The first kappa shape index (κ1) is 14.1. The van der Waals surface area contributed by atoms with Crippen molar-refractivity contribution in [3.63, 3.8) is 0 Å². The van der Waals surface area contributed by atoms with Crippen LogP contribution in [0.2, 0.25) is 0 Å². The first-order valence-corrected chi connectivity index (χ1v) is 6.43. The number of nitrogens with two attached hydrogens (primary N) is 1. The summed E-state index contributed by atoms with van der Waals surface area (Å²) in [6.07, 6.45) is 0.336. The molecule has 0 fully saturated rings. The van der Waals surface area contributed by atoms with E-state index in [9.17, 15) is 4.79 Å². The lowest BCUT2D eigenvalue weighted by atomic mass is 10.1. The Bertz CT molecular complexity index is 511. The van der Waals surface area contributed by atoms with Gasteiger partial charge in [0.1, 0.15) is 5.75 Å². The topological polar surface area (TPSA) is 64.3 Å². The van der Waals surface area contributed by atoms with E-state index in [1.807, 2.05) is 48.5 Å². The monoisotopic (exact) mass is 270 g/mol. The van der Waals surface area contributed by atoms with Gasteiger partial charge < -0.3 is 15.8 Å². The number of nitrogens with one attached hydrogen (secondary N) is 1. The van der Waals surface area contributed by atoms with E-state index >= 15 is 0 Å². The number of rotatable bonds is 5. The van der Waals surface area contributed by atoms with E-state index < -0.39 is 0 Å². The Balaban J connectivity index is 1.93. The largest absolute Gasteiger partial charge is 0.497 e. The third-order valence-electron chi connectivity index (χ3n) is 3.00. The molecule has 0 saturated heterocycles. The highest BCUT2D eigenvalue weighted by Crippen LogP contribution is 2.13. The second-order valence-electron chi connectivity index (χ2n) is 4.47. The van der Waals surface area contributed by atoms with E-state index in [1.54, 1.807) is 7.11 Å². The van der Waals surface area contributed by atoms with Crippen LogP contribution in [0, 0.1) is 0 Å². The summed E-state index contributed by atoms with van der Waals surface area (Å²) in [5.74, 6) is 0.738. The molecule has 1 amide bonds. The zero-order valence-electron chi connectivity index (χ0n) is 11.4. The van der Waals surface area contributed by atoms with Crippen LogP contribution in [-0.4, -0.2) is 13.0 Å². The lowest BCUT2D eigenvalue weighted by Crippen LogP contribution is -2.14. The Morgan fingerprint density at radius 2 is 1.65 bits per heavy atom. The van der Waals surface area contributed by atoms with Crippen LogP contribution in [0.1, 0.15) is 11.1 Å². The first-order valence-electron chi connectivity index (χ1n) is 6.43. The fourth-order valence-electron chi connectivity index (χ4n) is 1.86. The normalized spacial score (nSPS) is 10.1. The summed E-state index contributed by atoms with van der Waals surface area (Å²) in [5.41, 5.74) is 8.29. The summed E-state index contributed by atoms with van der Waals surface area (Å²) in [6.45, 7) is 0.500. The number of benzene rings is 2. The summed E-state index contributed by atoms with van der Waals surface area (Å²) >= 11 is 0. The van der Waals surface area contributed by atoms with Gasteiger partial charge in [0.15, 0.2) is 0 Å². The van der Waals surface area contributed by atoms with Gasteiger partial charge in [0.25, 0.3) is 0 Å². The molecule has 0 aliphatic rings. The van der Waals surface area contributed by atoms with E-state index in [0.717, 1.165) is 22.6 Å².